The van der Waals surface area contributed by atoms with E-state index in [4.69, 9.17) is 15.2 Å². The molecule has 2 N–H and O–H groups in total. The van der Waals surface area contributed by atoms with Gasteiger partial charge in [-0.3, -0.25) is 4.79 Å². The Labute approximate surface area is 117 Å². The van der Waals surface area contributed by atoms with E-state index in [-0.39, 0.29) is 5.91 Å². The maximum Gasteiger partial charge on any atom is 0.355 e. The molecule has 1 unspecified atom stereocenters. The molecular weight excluding hydrogens is 262 g/mol. The predicted octanol–water partition coefficient (Wildman–Crippen LogP) is 0.0114. The number of nitrogens with two attached hydrogens (primary N) is 1. The van der Waals surface area contributed by atoms with E-state index in [1.807, 2.05) is 0 Å². The second-order valence-corrected chi connectivity index (χ2v) is 4.75. The highest BCUT2D eigenvalue weighted by atomic mass is 16.5. The van der Waals surface area contributed by atoms with Crippen LogP contribution in [0.3, 0.4) is 0 Å². The third-order valence-electron chi connectivity index (χ3n) is 3.19. The van der Waals surface area contributed by atoms with Gasteiger partial charge in [-0.15, -0.1) is 0 Å². The van der Waals surface area contributed by atoms with Crippen LogP contribution in [0.5, 0.6) is 0 Å². The Morgan fingerprint density at radius 1 is 1.40 bits per heavy atom. The number of hydrogen-bond donors (Lipinski definition) is 1. The Hall–Kier alpha value is -2.02. The minimum atomic E-state index is -0.822. The highest BCUT2D eigenvalue weighted by molar-refractivity contribution is 5.91. The van der Waals surface area contributed by atoms with Gasteiger partial charge in [-0.25, -0.2) is 4.79 Å². The quantitative estimate of drug-likeness (QED) is 0.789. The van der Waals surface area contributed by atoms with E-state index in [2.05, 4.69) is 0 Å². The molecule has 1 aliphatic rings. The Balaban J connectivity index is 1.96. The normalized spacial score (nSPS) is 16.8. The second-order valence-electron chi connectivity index (χ2n) is 4.75. The molecular formula is C13H19N3O4. The summed E-state index contributed by atoms with van der Waals surface area (Å²) < 4.78 is 12.0. The summed E-state index contributed by atoms with van der Waals surface area (Å²) in [6.07, 6.45) is 0.794. The lowest BCUT2D eigenvalue weighted by atomic mass is 10.3. The Morgan fingerprint density at radius 3 is 2.60 bits per heavy atom. The van der Waals surface area contributed by atoms with Gasteiger partial charge in [-0.05, 0) is 13.0 Å². The summed E-state index contributed by atoms with van der Waals surface area (Å²) in [7, 11) is 1.70. The number of amides is 1. The van der Waals surface area contributed by atoms with Crippen molar-refractivity contribution in [1.29, 1.82) is 0 Å². The molecule has 110 valence electrons. The molecule has 1 aromatic heterocycles. The van der Waals surface area contributed by atoms with Crippen molar-refractivity contribution in [3.8, 4) is 0 Å². The molecule has 1 amide bonds. The number of aromatic nitrogens is 1. The van der Waals surface area contributed by atoms with Gasteiger partial charge in [0.2, 0.25) is 0 Å². The fourth-order valence-electron chi connectivity index (χ4n) is 2.11. The van der Waals surface area contributed by atoms with E-state index in [9.17, 15) is 9.59 Å². The van der Waals surface area contributed by atoms with E-state index < -0.39 is 12.1 Å². The van der Waals surface area contributed by atoms with Crippen LogP contribution in [0.2, 0.25) is 0 Å². The van der Waals surface area contributed by atoms with Crippen LogP contribution in [-0.4, -0.2) is 53.8 Å². The number of rotatable bonds is 3. The molecule has 2 heterocycles. The van der Waals surface area contributed by atoms with Crippen molar-refractivity contribution in [3.63, 3.8) is 0 Å². The molecule has 0 spiro atoms. The zero-order valence-electron chi connectivity index (χ0n) is 11.7. The first-order chi connectivity index (χ1) is 9.49. The van der Waals surface area contributed by atoms with Crippen molar-refractivity contribution in [2.45, 2.75) is 13.0 Å². The van der Waals surface area contributed by atoms with Gasteiger partial charge in [0.25, 0.3) is 5.91 Å². The zero-order chi connectivity index (χ0) is 14.7. The smallest absolute Gasteiger partial charge is 0.355 e. The molecule has 0 aromatic carbocycles. The van der Waals surface area contributed by atoms with Crippen LogP contribution in [0.15, 0.2) is 12.3 Å². The van der Waals surface area contributed by atoms with Crippen molar-refractivity contribution in [2.24, 2.45) is 7.05 Å². The number of carbonyl (C=O) groups is 2. The third-order valence-corrected chi connectivity index (χ3v) is 3.19. The average molecular weight is 281 g/mol. The van der Waals surface area contributed by atoms with Gasteiger partial charge in [0.15, 0.2) is 6.10 Å². The topological polar surface area (TPSA) is 86.8 Å². The van der Waals surface area contributed by atoms with Crippen molar-refractivity contribution >= 4 is 17.6 Å². The monoisotopic (exact) mass is 281 g/mol. The standard InChI is InChI=1S/C13H19N3O4/c1-9(12(17)16-3-5-19-6-4-16)20-13(18)11-7-10(14)8-15(11)2/h7-9H,3-6,14H2,1-2H3. The first-order valence-corrected chi connectivity index (χ1v) is 6.48. The van der Waals surface area contributed by atoms with Gasteiger partial charge >= 0.3 is 5.97 Å². The number of nitrogen functional groups attached to an aromatic ring is 1. The van der Waals surface area contributed by atoms with Gasteiger partial charge in [-0.2, -0.15) is 0 Å². The number of morpholine rings is 1. The molecule has 0 saturated carbocycles. The van der Waals surface area contributed by atoms with E-state index in [0.717, 1.165) is 0 Å². The number of aryl methyl sites for hydroxylation is 1. The highest BCUT2D eigenvalue weighted by Gasteiger charge is 2.26. The molecule has 1 aliphatic heterocycles. The van der Waals surface area contributed by atoms with Crippen molar-refractivity contribution in [1.82, 2.24) is 9.47 Å². The minimum absolute atomic E-state index is 0.205. The second kappa shape index (κ2) is 5.96. The van der Waals surface area contributed by atoms with E-state index in [0.29, 0.717) is 37.7 Å². The van der Waals surface area contributed by atoms with E-state index in [1.165, 1.54) is 6.07 Å². The molecule has 7 heteroatoms. The number of anilines is 1. The van der Waals surface area contributed by atoms with Crippen LogP contribution >= 0.6 is 0 Å². The lowest BCUT2D eigenvalue weighted by molar-refractivity contribution is -0.143. The molecule has 0 aliphatic carbocycles. The summed E-state index contributed by atoms with van der Waals surface area (Å²) in [5.41, 5.74) is 6.41. The van der Waals surface area contributed by atoms with Crippen LogP contribution in [-0.2, 0) is 21.3 Å². The van der Waals surface area contributed by atoms with Crippen LogP contribution in [0.1, 0.15) is 17.4 Å². The fraction of sp³-hybridized carbons (Fsp3) is 0.538. The van der Waals surface area contributed by atoms with Crippen LogP contribution in [0.4, 0.5) is 5.69 Å². The number of carbonyl (C=O) groups excluding carboxylic acids is 2. The van der Waals surface area contributed by atoms with Crippen LogP contribution < -0.4 is 5.73 Å². The summed E-state index contributed by atoms with van der Waals surface area (Å²) in [4.78, 5) is 25.7. The van der Waals surface area contributed by atoms with Gasteiger partial charge in [0.05, 0.1) is 18.9 Å². The molecule has 1 aromatic rings. The summed E-state index contributed by atoms with van der Waals surface area (Å²) in [6.45, 7) is 3.65. The molecule has 0 bridgehead atoms. The molecule has 20 heavy (non-hydrogen) atoms. The molecule has 1 saturated heterocycles. The lowest BCUT2D eigenvalue weighted by Crippen LogP contribution is -2.46. The SMILES string of the molecule is CC(OC(=O)c1cc(N)cn1C)C(=O)N1CCOCC1. The van der Waals surface area contributed by atoms with Gasteiger partial charge in [-0.1, -0.05) is 0 Å². The number of nitrogens with zero attached hydrogens (tertiary/aromatic N) is 2. The van der Waals surface area contributed by atoms with Crippen LogP contribution in [0, 0.1) is 0 Å². The largest absolute Gasteiger partial charge is 0.448 e. The Morgan fingerprint density at radius 2 is 2.05 bits per heavy atom. The molecule has 2 rings (SSSR count). The van der Waals surface area contributed by atoms with Gasteiger partial charge in [0, 0.05) is 26.3 Å². The first kappa shape index (κ1) is 14.4. The van der Waals surface area contributed by atoms with Gasteiger partial charge < -0.3 is 24.7 Å². The predicted molar refractivity (Wildman–Crippen MR) is 72.1 cm³/mol. The highest BCUT2D eigenvalue weighted by Crippen LogP contribution is 2.12. The first-order valence-electron chi connectivity index (χ1n) is 6.48. The third kappa shape index (κ3) is 3.11. The Kier molecular flexibility index (Phi) is 4.29. The molecule has 1 atom stereocenters. The van der Waals surface area contributed by atoms with Gasteiger partial charge in [0.1, 0.15) is 5.69 Å². The maximum absolute atomic E-state index is 12.1. The Bertz CT molecular complexity index is 506. The molecule has 7 nitrogen and oxygen atoms in total. The summed E-state index contributed by atoms with van der Waals surface area (Å²) in [6, 6.07) is 1.52. The van der Waals surface area contributed by atoms with Crippen molar-refractivity contribution < 1.29 is 19.1 Å². The summed E-state index contributed by atoms with van der Waals surface area (Å²) in [5.74, 6) is -0.762. The van der Waals surface area contributed by atoms with E-state index in [1.54, 1.807) is 29.6 Å². The summed E-state index contributed by atoms with van der Waals surface area (Å²) in [5, 5.41) is 0. The number of esters is 1. The molecule has 0 radical (unpaired) electrons. The van der Waals surface area contributed by atoms with Crippen molar-refractivity contribution in [3.05, 3.63) is 18.0 Å². The summed E-state index contributed by atoms with van der Waals surface area (Å²) >= 11 is 0. The lowest BCUT2D eigenvalue weighted by Gasteiger charge is -2.28. The zero-order valence-corrected chi connectivity index (χ0v) is 11.7. The maximum atomic E-state index is 12.1. The number of ether oxygens (including phenoxy) is 2. The van der Waals surface area contributed by atoms with E-state index >= 15 is 0 Å². The fourth-order valence-corrected chi connectivity index (χ4v) is 2.11. The van der Waals surface area contributed by atoms with Crippen LogP contribution in [0.25, 0.3) is 0 Å². The van der Waals surface area contributed by atoms with Crippen molar-refractivity contribution in [2.75, 3.05) is 32.0 Å². The average Bonchev–Trinajstić information content (AvgIpc) is 2.78. The minimum Gasteiger partial charge on any atom is -0.448 e. The molecule has 1 fully saturated rings. The number of hydrogen-bond acceptors (Lipinski definition) is 5.